The molecule has 0 radical (unpaired) electrons. The van der Waals surface area contributed by atoms with Crippen LogP contribution in [0.15, 0.2) is 0 Å². The third-order valence-electron chi connectivity index (χ3n) is 4.48. The van der Waals surface area contributed by atoms with Crippen LogP contribution in [-0.2, 0) is 4.79 Å². The van der Waals surface area contributed by atoms with Gasteiger partial charge in [0.25, 0.3) is 0 Å². The Morgan fingerprint density at radius 1 is 1.39 bits per heavy atom. The number of aliphatic carboxylic acids is 1. The van der Waals surface area contributed by atoms with Crippen LogP contribution in [0.1, 0.15) is 45.4 Å². The number of carbonyl (C=O) groups is 2. The molecule has 2 amide bonds. The van der Waals surface area contributed by atoms with E-state index in [1.54, 1.807) is 0 Å². The van der Waals surface area contributed by atoms with Crippen molar-refractivity contribution in [2.24, 2.45) is 5.92 Å². The molecule has 2 rings (SSSR count). The van der Waals surface area contributed by atoms with Crippen LogP contribution in [0, 0.1) is 5.92 Å². The normalized spacial score (nSPS) is 27.9. The van der Waals surface area contributed by atoms with E-state index in [1.165, 1.54) is 24.2 Å². The molecule has 0 bridgehead atoms. The van der Waals surface area contributed by atoms with Crippen molar-refractivity contribution in [3.05, 3.63) is 0 Å². The number of urea groups is 1. The zero-order valence-electron chi connectivity index (χ0n) is 10.9. The van der Waals surface area contributed by atoms with Crippen LogP contribution in [0.2, 0.25) is 0 Å². The van der Waals surface area contributed by atoms with Crippen molar-refractivity contribution in [1.82, 2.24) is 10.2 Å². The number of amides is 2. The molecule has 1 heterocycles. The largest absolute Gasteiger partial charge is 0.479 e. The summed E-state index contributed by atoms with van der Waals surface area (Å²) in [5.41, 5.74) is -0.982. The van der Waals surface area contributed by atoms with Crippen molar-refractivity contribution >= 4 is 12.0 Å². The minimum Gasteiger partial charge on any atom is -0.479 e. The highest BCUT2D eigenvalue weighted by atomic mass is 16.4. The number of likely N-dealkylation sites (tertiary alicyclic amines) is 1. The molecule has 0 spiro atoms. The highest BCUT2D eigenvalue weighted by Gasteiger charge is 2.48. The van der Waals surface area contributed by atoms with Crippen LogP contribution >= 0.6 is 0 Å². The summed E-state index contributed by atoms with van der Waals surface area (Å²) in [6.07, 6.45) is 5.42. The van der Waals surface area contributed by atoms with Crippen molar-refractivity contribution in [2.45, 2.75) is 51.0 Å². The van der Waals surface area contributed by atoms with Gasteiger partial charge >= 0.3 is 12.0 Å². The Morgan fingerprint density at radius 2 is 2.11 bits per heavy atom. The number of carboxylic acids is 1. The molecule has 1 atom stereocenters. The number of carboxylic acid groups (broad SMARTS) is 1. The lowest BCUT2D eigenvalue weighted by molar-refractivity contribution is -0.148. The van der Waals surface area contributed by atoms with Gasteiger partial charge in [-0.3, -0.25) is 0 Å². The number of hydrogen-bond acceptors (Lipinski definition) is 2. The molecule has 1 unspecified atom stereocenters. The topological polar surface area (TPSA) is 69.6 Å². The fourth-order valence-corrected chi connectivity index (χ4v) is 2.94. The SMILES string of the molecule is CCC1(C(=O)O)CCCN1C(=O)NCC1CCC1. The van der Waals surface area contributed by atoms with Crippen molar-refractivity contribution < 1.29 is 14.7 Å². The van der Waals surface area contributed by atoms with E-state index < -0.39 is 11.5 Å². The Morgan fingerprint density at radius 3 is 2.61 bits per heavy atom. The van der Waals surface area contributed by atoms with E-state index in [0.717, 1.165) is 6.42 Å². The quantitative estimate of drug-likeness (QED) is 0.804. The molecule has 2 N–H and O–H groups in total. The van der Waals surface area contributed by atoms with Gasteiger partial charge in [-0.2, -0.15) is 0 Å². The Balaban J connectivity index is 1.96. The number of hydrogen-bond donors (Lipinski definition) is 2. The van der Waals surface area contributed by atoms with Gasteiger partial charge in [-0.05, 0) is 38.0 Å². The van der Waals surface area contributed by atoms with Gasteiger partial charge in [0.05, 0.1) is 0 Å². The van der Waals surface area contributed by atoms with E-state index in [2.05, 4.69) is 5.32 Å². The van der Waals surface area contributed by atoms with Crippen molar-refractivity contribution in [2.75, 3.05) is 13.1 Å². The fourth-order valence-electron chi connectivity index (χ4n) is 2.94. The molecule has 102 valence electrons. The smallest absolute Gasteiger partial charge is 0.329 e. The molecular weight excluding hydrogens is 232 g/mol. The molecule has 2 fully saturated rings. The first-order chi connectivity index (χ1) is 8.60. The van der Waals surface area contributed by atoms with E-state index in [9.17, 15) is 14.7 Å². The van der Waals surface area contributed by atoms with Gasteiger partial charge in [0.1, 0.15) is 5.54 Å². The third-order valence-corrected chi connectivity index (χ3v) is 4.48. The standard InChI is InChI=1S/C13H22N2O3/c1-2-13(11(16)17)7-4-8-15(13)12(18)14-9-10-5-3-6-10/h10H,2-9H2,1H3,(H,14,18)(H,16,17). The molecule has 1 saturated carbocycles. The summed E-state index contributed by atoms with van der Waals surface area (Å²) in [4.78, 5) is 25.1. The lowest BCUT2D eigenvalue weighted by Gasteiger charge is -2.35. The maximum absolute atomic E-state index is 12.1. The fraction of sp³-hybridized carbons (Fsp3) is 0.846. The highest BCUT2D eigenvalue weighted by Crippen LogP contribution is 2.33. The summed E-state index contributed by atoms with van der Waals surface area (Å²) in [5, 5.41) is 12.3. The lowest BCUT2D eigenvalue weighted by atomic mass is 9.85. The Labute approximate surface area is 108 Å². The number of carbonyl (C=O) groups excluding carboxylic acids is 1. The van der Waals surface area contributed by atoms with Crippen LogP contribution in [0.25, 0.3) is 0 Å². The maximum Gasteiger partial charge on any atom is 0.329 e. The van der Waals surface area contributed by atoms with E-state index in [0.29, 0.717) is 31.8 Å². The molecule has 0 aromatic rings. The molecule has 18 heavy (non-hydrogen) atoms. The van der Waals surface area contributed by atoms with Gasteiger partial charge in [-0.15, -0.1) is 0 Å². The molecule has 0 aromatic carbocycles. The number of rotatable bonds is 4. The first-order valence-electron chi connectivity index (χ1n) is 6.89. The van der Waals surface area contributed by atoms with Crippen molar-refractivity contribution in [3.8, 4) is 0 Å². The summed E-state index contributed by atoms with van der Waals surface area (Å²) in [6, 6.07) is -0.205. The molecule has 1 saturated heterocycles. The van der Waals surface area contributed by atoms with E-state index in [1.807, 2.05) is 6.92 Å². The second-order valence-electron chi connectivity index (χ2n) is 5.43. The monoisotopic (exact) mass is 254 g/mol. The second kappa shape index (κ2) is 5.16. The first kappa shape index (κ1) is 13.2. The predicted molar refractivity (Wildman–Crippen MR) is 67.3 cm³/mol. The first-order valence-corrected chi connectivity index (χ1v) is 6.89. The molecule has 5 heteroatoms. The van der Waals surface area contributed by atoms with Crippen molar-refractivity contribution in [1.29, 1.82) is 0 Å². The van der Waals surface area contributed by atoms with Crippen LogP contribution in [0.5, 0.6) is 0 Å². The van der Waals surface area contributed by atoms with Gasteiger partial charge in [-0.25, -0.2) is 9.59 Å². The highest BCUT2D eigenvalue weighted by molar-refractivity contribution is 5.87. The average Bonchev–Trinajstić information content (AvgIpc) is 2.71. The minimum absolute atomic E-state index is 0.205. The van der Waals surface area contributed by atoms with E-state index in [4.69, 9.17) is 0 Å². The number of nitrogens with zero attached hydrogens (tertiary/aromatic N) is 1. The van der Waals surface area contributed by atoms with E-state index in [-0.39, 0.29) is 6.03 Å². The molecule has 5 nitrogen and oxygen atoms in total. The van der Waals surface area contributed by atoms with Crippen LogP contribution < -0.4 is 5.32 Å². The summed E-state index contributed by atoms with van der Waals surface area (Å²) < 4.78 is 0. The summed E-state index contributed by atoms with van der Waals surface area (Å²) in [5.74, 6) is -0.279. The lowest BCUT2D eigenvalue weighted by Crippen LogP contribution is -2.56. The van der Waals surface area contributed by atoms with E-state index >= 15 is 0 Å². The zero-order valence-corrected chi connectivity index (χ0v) is 10.9. The molecule has 1 aliphatic heterocycles. The molecule has 0 aromatic heterocycles. The second-order valence-corrected chi connectivity index (χ2v) is 5.43. The van der Waals surface area contributed by atoms with Crippen LogP contribution in [-0.4, -0.2) is 40.6 Å². The zero-order chi connectivity index (χ0) is 13.2. The van der Waals surface area contributed by atoms with Gasteiger partial charge in [-0.1, -0.05) is 13.3 Å². The van der Waals surface area contributed by atoms with Gasteiger partial charge in [0.2, 0.25) is 0 Å². The Hall–Kier alpha value is -1.26. The number of nitrogens with one attached hydrogen (secondary N) is 1. The third kappa shape index (κ3) is 2.18. The average molecular weight is 254 g/mol. The Kier molecular flexibility index (Phi) is 3.78. The van der Waals surface area contributed by atoms with Crippen LogP contribution in [0.3, 0.4) is 0 Å². The predicted octanol–water partition coefficient (Wildman–Crippen LogP) is 1.83. The summed E-state index contributed by atoms with van der Waals surface area (Å²) >= 11 is 0. The van der Waals surface area contributed by atoms with Gasteiger partial charge in [0.15, 0.2) is 0 Å². The molecular formula is C13H22N2O3. The molecule has 1 aliphatic carbocycles. The molecule has 2 aliphatic rings. The summed E-state index contributed by atoms with van der Waals surface area (Å²) in [7, 11) is 0. The van der Waals surface area contributed by atoms with Gasteiger partial charge < -0.3 is 15.3 Å². The maximum atomic E-state index is 12.1. The minimum atomic E-state index is -0.982. The Bertz CT molecular complexity index is 341. The summed E-state index contributed by atoms with van der Waals surface area (Å²) in [6.45, 7) is 3.08. The van der Waals surface area contributed by atoms with Crippen LogP contribution in [0.4, 0.5) is 4.79 Å². The van der Waals surface area contributed by atoms with Crippen molar-refractivity contribution in [3.63, 3.8) is 0 Å². The van der Waals surface area contributed by atoms with Gasteiger partial charge in [0, 0.05) is 13.1 Å².